The van der Waals surface area contributed by atoms with Crippen molar-refractivity contribution in [2.24, 2.45) is 0 Å². The quantitative estimate of drug-likeness (QED) is 0.736. The molecule has 0 radical (unpaired) electrons. The Kier molecular flexibility index (Phi) is 8.90. The van der Waals surface area contributed by atoms with Gasteiger partial charge in [-0.05, 0) is 46.8 Å². The van der Waals surface area contributed by atoms with Gasteiger partial charge in [-0.15, -0.1) is 11.3 Å². The minimum Gasteiger partial charge on any atom is -0.466 e. The number of thiophene rings is 1. The van der Waals surface area contributed by atoms with Gasteiger partial charge in [0.05, 0.1) is 12.5 Å². The summed E-state index contributed by atoms with van der Waals surface area (Å²) in [5.41, 5.74) is -0.538. The van der Waals surface area contributed by atoms with E-state index in [-0.39, 0.29) is 11.9 Å². The van der Waals surface area contributed by atoms with Crippen molar-refractivity contribution in [2.45, 2.75) is 60.0 Å². The molecule has 0 bridgehead atoms. The van der Waals surface area contributed by atoms with Crippen LogP contribution in [0.5, 0.6) is 0 Å². The minimum atomic E-state index is -0.538. The largest absolute Gasteiger partial charge is 0.466 e. The van der Waals surface area contributed by atoms with Gasteiger partial charge >= 0.3 is 12.1 Å². The standard InChI is InChI=1S/C15H23NO4S.C2H6/c1-7-19-13(17)10(2)11-8-9-12(21-11)16(6)14(18)20-15(3,4)5;1-2/h8-10H,7H2,1-6H3;1-2H3. The molecular formula is C17H29NO4S. The Morgan fingerprint density at radius 1 is 1.26 bits per heavy atom. The Morgan fingerprint density at radius 2 is 1.83 bits per heavy atom. The number of esters is 1. The molecule has 6 heteroatoms. The second-order valence-corrected chi connectivity index (χ2v) is 6.78. The summed E-state index contributed by atoms with van der Waals surface area (Å²) in [6, 6.07) is 3.64. The molecule has 1 unspecified atom stereocenters. The Labute approximate surface area is 143 Å². The number of hydrogen-bond donors (Lipinski definition) is 0. The first kappa shape index (κ1) is 21.4. The monoisotopic (exact) mass is 343 g/mol. The van der Waals surface area contributed by atoms with Crippen molar-refractivity contribution in [1.82, 2.24) is 0 Å². The number of nitrogens with zero attached hydrogens (tertiary/aromatic N) is 1. The number of hydrogen-bond acceptors (Lipinski definition) is 5. The van der Waals surface area contributed by atoms with E-state index in [9.17, 15) is 9.59 Å². The van der Waals surface area contributed by atoms with Crippen LogP contribution in [-0.2, 0) is 14.3 Å². The SMILES string of the molecule is CC.CCOC(=O)C(C)c1ccc(N(C)C(=O)OC(C)(C)C)s1. The van der Waals surface area contributed by atoms with Crippen LogP contribution in [0, 0.1) is 0 Å². The molecule has 0 saturated heterocycles. The lowest BCUT2D eigenvalue weighted by Gasteiger charge is -2.23. The van der Waals surface area contributed by atoms with Crippen LogP contribution >= 0.6 is 11.3 Å². The molecule has 0 aliphatic rings. The van der Waals surface area contributed by atoms with E-state index in [1.165, 1.54) is 16.2 Å². The zero-order chi connectivity index (χ0) is 18.2. The van der Waals surface area contributed by atoms with E-state index in [0.717, 1.165) is 9.88 Å². The number of rotatable bonds is 4. The van der Waals surface area contributed by atoms with Crippen molar-refractivity contribution >= 4 is 28.4 Å². The van der Waals surface area contributed by atoms with Gasteiger partial charge in [0.2, 0.25) is 0 Å². The van der Waals surface area contributed by atoms with Crippen LogP contribution in [0.2, 0.25) is 0 Å². The summed E-state index contributed by atoms with van der Waals surface area (Å²) in [4.78, 5) is 26.0. The lowest BCUT2D eigenvalue weighted by atomic mass is 10.1. The molecule has 132 valence electrons. The Morgan fingerprint density at radius 3 is 2.30 bits per heavy atom. The summed E-state index contributed by atoms with van der Waals surface area (Å²) < 4.78 is 10.3. The molecule has 23 heavy (non-hydrogen) atoms. The zero-order valence-corrected chi connectivity index (χ0v) is 16.2. The van der Waals surface area contributed by atoms with Gasteiger partial charge in [-0.25, -0.2) is 4.79 Å². The van der Waals surface area contributed by atoms with E-state index >= 15 is 0 Å². The molecule has 1 amide bonds. The van der Waals surface area contributed by atoms with Crippen molar-refractivity contribution in [3.8, 4) is 0 Å². The maximum Gasteiger partial charge on any atom is 0.415 e. The summed E-state index contributed by atoms with van der Waals surface area (Å²) in [5, 5.41) is 0.732. The lowest BCUT2D eigenvalue weighted by molar-refractivity contribution is -0.144. The molecule has 1 rings (SSSR count). The average Bonchev–Trinajstić information content (AvgIpc) is 2.95. The lowest BCUT2D eigenvalue weighted by Crippen LogP contribution is -2.33. The van der Waals surface area contributed by atoms with Crippen molar-refractivity contribution in [3.63, 3.8) is 0 Å². The highest BCUT2D eigenvalue weighted by atomic mass is 32.1. The molecule has 0 fully saturated rings. The van der Waals surface area contributed by atoms with E-state index in [4.69, 9.17) is 9.47 Å². The highest BCUT2D eigenvalue weighted by molar-refractivity contribution is 7.16. The molecule has 0 spiro atoms. The van der Waals surface area contributed by atoms with Crippen LogP contribution in [0.25, 0.3) is 0 Å². The molecule has 1 atom stereocenters. The highest BCUT2D eigenvalue weighted by Crippen LogP contribution is 2.31. The third-order valence-electron chi connectivity index (χ3n) is 2.68. The predicted molar refractivity (Wildman–Crippen MR) is 95.4 cm³/mol. The van der Waals surface area contributed by atoms with Crippen molar-refractivity contribution in [1.29, 1.82) is 0 Å². The summed E-state index contributed by atoms with van der Waals surface area (Å²) >= 11 is 1.38. The number of anilines is 1. The van der Waals surface area contributed by atoms with Crippen LogP contribution < -0.4 is 4.90 Å². The smallest absolute Gasteiger partial charge is 0.415 e. The molecule has 0 aliphatic carbocycles. The van der Waals surface area contributed by atoms with Crippen LogP contribution in [-0.4, -0.2) is 31.3 Å². The predicted octanol–water partition coefficient (Wildman–Crippen LogP) is 4.81. The Balaban J connectivity index is 0.00000232. The van der Waals surface area contributed by atoms with Crippen LogP contribution in [0.4, 0.5) is 9.80 Å². The van der Waals surface area contributed by atoms with Gasteiger partial charge in [0.25, 0.3) is 0 Å². The Hall–Kier alpha value is -1.56. The van der Waals surface area contributed by atoms with Crippen molar-refractivity contribution < 1.29 is 19.1 Å². The van der Waals surface area contributed by atoms with Gasteiger partial charge in [-0.2, -0.15) is 0 Å². The number of ether oxygens (including phenoxy) is 2. The topological polar surface area (TPSA) is 55.8 Å². The molecule has 1 aromatic rings. The number of carbonyl (C=O) groups excluding carboxylic acids is 2. The first-order valence-corrected chi connectivity index (χ1v) is 8.70. The fourth-order valence-electron chi connectivity index (χ4n) is 1.56. The molecule has 1 heterocycles. The molecule has 0 saturated carbocycles. The van der Waals surface area contributed by atoms with Gasteiger partial charge in [0, 0.05) is 11.9 Å². The van der Waals surface area contributed by atoms with Gasteiger partial charge in [-0.1, -0.05) is 13.8 Å². The maximum atomic E-state index is 12.0. The number of carbonyl (C=O) groups is 2. The van der Waals surface area contributed by atoms with E-state index < -0.39 is 11.7 Å². The van der Waals surface area contributed by atoms with E-state index in [1.807, 2.05) is 40.7 Å². The molecule has 0 N–H and O–H groups in total. The third kappa shape index (κ3) is 7.03. The van der Waals surface area contributed by atoms with E-state index in [1.54, 1.807) is 27.0 Å². The van der Waals surface area contributed by atoms with Gasteiger partial charge in [0.15, 0.2) is 0 Å². The van der Waals surface area contributed by atoms with Gasteiger partial charge in [0.1, 0.15) is 10.6 Å². The molecule has 1 aromatic heterocycles. The molecule has 0 aliphatic heterocycles. The fourth-order valence-corrected chi connectivity index (χ4v) is 2.56. The first-order chi connectivity index (χ1) is 10.7. The highest BCUT2D eigenvalue weighted by Gasteiger charge is 2.23. The number of amides is 1. The van der Waals surface area contributed by atoms with Crippen molar-refractivity contribution in [2.75, 3.05) is 18.6 Å². The molecular weight excluding hydrogens is 314 g/mol. The van der Waals surface area contributed by atoms with E-state index in [0.29, 0.717) is 6.61 Å². The summed E-state index contributed by atoms with van der Waals surface area (Å²) in [5.74, 6) is -0.596. The summed E-state index contributed by atoms with van der Waals surface area (Å²) in [6.45, 7) is 13.4. The van der Waals surface area contributed by atoms with Crippen LogP contribution in [0.3, 0.4) is 0 Å². The first-order valence-electron chi connectivity index (χ1n) is 7.88. The summed E-state index contributed by atoms with van der Waals surface area (Å²) in [6.07, 6.45) is -0.417. The van der Waals surface area contributed by atoms with Gasteiger partial charge in [-0.3, -0.25) is 9.69 Å². The van der Waals surface area contributed by atoms with Crippen LogP contribution in [0.15, 0.2) is 12.1 Å². The molecule has 5 nitrogen and oxygen atoms in total. The third-order valence-corrected chi connectivity index (χ3v) is 4.02. The maximum absolute atomic E-state index is 12.0. The zero-order valence-electron chi connectivity index (χ0n) is 15.4. The van der Waals surface area contributed by atoms with E-state index in [2.05, 4.69) is 0 Å². The Bertz CT molecular complexity index is 505. The summed E-state index contributed by atoms with van der Waals surface area (Å²) in [7, 11) is 1.65. The molecule has 0 aromatic carbocycles. The second-order valence-electron chi connectivity index (χ2n) is 5.69. The van der Waals surface area contributed by atoms with Crippen LogP contribution in [0.1, 0.15) is 59.3 Å². The van der Waals surface area contributed by atoms with Crippen molar-refractivity contribution in [3.05, 3.63) is 17.0 Å². The fraction of sp³-hybridized carbons (Fsp3) is 0.647. The second kappa shape index (κ2) is 9.55. The average molecular weight is 343 g/mol. The normalized spacial score (nSPS) is 11.8. The minimum absolute atomic E-state index is 0.258. The van der Waals surface area contributed by atoms with Gasteiger partial charge < -0.3 is 9.47 Å².